The van der Waals surface area contributed by atoms with Gasteiger partial charge in [-0.25, -0.2) is 10.1 Å². The van der Waals surface area contributed by atoms with E-state index < -0.39 is 12.0 Å². The van der Waals surface area contributed by atoms with E-state index in [-0.39, 0.29) is 24.3 Å². The van der Waals surface area contributed by atoms with E-state index in [0.29, 0.717) is 17.0 Å². The fraction of sp³-hybridized carbons (Fsp3) is 0.190. The maximum Gasteiger partial charge on any atom is 0.473 e. The van der Waals surface area contributed by atoms with Crippen molar-refractivity contribution in [2.75, 3.05) is 7.11 Å². The van der Waals surface area contributed by atoms with E-state index in [9.17, 15) is 13.2 Å². The highest BCUT2D eigenvalue weighted by Gasteiger charge is 2.43. The molecule has 2 aromatic carbocycles. The number of benzene rings is 2. The number of nitriles is 1. The second-order valence-corrected chi connectivity index (χ2v) is 6.57. The Morgan fingerprint density at radius 3 is 2.57 bits per heavy atom. The van der Waals surface area contributed by atoms with Crippen molar-refractivity contribution in [3.05, 3.63) is 60.4 Å². The molecule has 1 N–H and O–H groups in total. The summed E-state index contributed by atoms with van der Waals surface area (Å²) in [6, 6.07) is 17.2. The van der Waals surface area contributed by atoms with Crippen molar-refractivity contribution in [2.45, 2.75) is 19.1 Å². The molecule has 0 amide bonds. The fourth-order valence-corrected chi connectivity index (χ4v) is 3.33. The lowest BCUT2D eigenvalue weighted by Gasteiger charge is -2.05. The summed E-state index contributed by atoms with van der Waals surface area (Å²) in [5.41, 5.74) is 1.95. The molecule has 0 aliphatic carbocycles. The number of nitrogens with zero attached hydrogens (tertiary/aromatic N) is 4. The molecule has 0 saturated carbocycles. The normalized spacial score (nSPS) is 11.6. The Hall–Kier alpha value is -3.80. The number of fused-ring (bicyclic) bond motifs is 1. The van der Waals surface area contributed by atoms with Crippen molar-refractivity contribution in [2.24, 2.45) is 0 Å². The minimum atomic E-state index is -4.65. The molecular weight excluding hydrogens is 395 g/mol. The van der Waals surface area contributed by atoms with Gasteiger partial charge in [0.2, 0.25) is 0 Å². The van der Waals surface area contributed by atoms with Crippen LogP contribution in [0.15, 0.2) is 54.6 Å². The van der Waals surface area contributed by atoms with Gasteiger partial charge in [-0.05, 0) is 36.4 Å². The first-order valence-corrected chi connectivity index (χ1v) is 9.11. The number of hydrogen-bond acceptors (Lipinski definition) is 3. The van der Waals surface area contributed by atoms with Crippen LogP contribution in [0.2, 0.25) is 0 Å². The second kappa shape index (κ2) is 7.55. The average Bonchev–Trinajstić information content (AvgIpc) is 3.33. The van der Waals surface area contributed by atoms with Gasteiger partial charge >= 0.3 is 17.8 Å². The van der Waals surface area contributed by atoms with Crippen molar-refractivity contribution in [3.63, 3.8) is 0 Å². The van der Waals surface area contributed by atoms with Gasteiger partial charge < -0.3 is 4.74 Å². The van der Waals surface area contributed by atoms with Crippen molar-refractivity contribution in [1.82, 2.24) is 14.6 Å². The summed E-state index contributed by atoms with van der Waals surface area (Å²) >= 11 is 0. The molecule has 4 rings (SSSR count). The Bertz CT molecular complexity index is 1230. The van der Waals surface area contributed by atoms with E-state index >= 15 is 0 Å². The van der Waals surface area contributed by atoms with Crippen LogP contribution in [0.5, 0.6) is 5.75 Å². The molecule has 0 fully saturated rings. The van der Waals surface area contributed by atoms with Gasteiger partial charge in [-0.2, -0.15) is 27.7 Å². The standard InChI is InChI=1S/C21H16F3N5O/c1-30-15-9-7-14(8-10-15)17-13-19(28(27-17)12-4-11-25)29-18-6-3-2-5-16(18)26-20(29)21(22,23)24/h2-3,5-10,13H,4,12H2,1H3/p+1. The number of imidazole rings is 1. The molecule has 9 heteroatoms. The molecule has 0 atom stereocenters. The summed E-state index contributed by atoms with van der Waals surface area (Å²) in [5, 5.41) is 12.1. The van der Waals surface area contributed by atoms with Gasteiger partial charge in [-0.3, -0.25) is 0 Å². The number of hydrogen-bond donors (Lipinski definition) is 1. The number of rotatable bonds is 5. The molecule has 6 nitrogen and oxygen atoms in total. The van der Waals surface area contributed by atoms with Crippen LogP contribution < -0.4 is 9.42 Å². The van der Waals surface area contributed by atoms with Gasteiger partial charge in [0.05, 0.1) is 31.4 Å². The highest BCUT2D eigenvalue weighted by molar-refractivity contribution is 5.78. The zero-order chi connectivity index (χ0) is 21.3. The van der Waals surface area contributed by atoms with Crippen LogP contribution in [-0.2, 0) is 12.7 Å². The lowest BCUT2D eigenvalue weighted by atomic mass is 10.1. The molecular formula is C21H17F3N5O+. The molecule has 0 aliphatic heterocycles. The maximum absolute atomic E-state index is 13.8. The first-order valence-electron chi connectivity index (χ1n) is 9.11. The van der Waals surface area contributed by atoms with Gasteiger partial charge in [0.15, 0.2) is 5.52 Å². The maximum atomic E-state index is 13.8. The smallest absolute Gasteiger partial charge is 0.473 e. The topological polar surface area (TPSA) is 70.5 Å². The van der Waals surface area contributed by atoms with Gasteiger partial charge in [-0.15, -0.1) is 0 Å². The minimum absolute atomic E-state index is 0.133. The Balaban J connectivity index is 1.94. The Morgan fingerprint density at radius 2 is 1.90 bits per heavy atom. The SMILES string of the molecule is COc1ccc(-c2cc(-n3c(C(F)(F)F)nc4ccccc43)[n+](CCC#N)[nH]2)cc1. The summed E-state index contributed by atoms with van der Waals surface area (Å²) in [6.07, 6.45) is -4.52. The summed E-state index contributed by atoms with van der Waals surface area (Å²) < 4.78 is 49.2. The monoisotopic (exact) mass is 412 g/mol. The van der Waals surface area contributed by atoms with Crippen LogP contribution in [0.25, 0.3) is 28.1 Å². The number of halogens is 3. The highest BCUT2D eigenvalue weighted by atomic mass is 19.4. The first kappa shape index (κ1) is 19.5. The van der Waals surface area contributed by atoms with Crippen molar-refractivity contribution >= 4 is 11.0 Å². The molecule has 0 unspecified atom stereocenters. The summed E-state index contributed by atoms with van der Waals surface area (Å²) in [4.78, 5) is 3.82. The molecule has 2 aromatic heterocycles. The largest absolute Gasteiger partial charge is 0.497 e. The first-order chi connectivity index (χ1) is 14.4. The average molecular weight is 412 g/mol. The predicted molar refractivity (Wildman–Crippen MR) is 103 cm³/mol. The zero-order valence-corrected chi connectivity index (χ0v) is 15.9. The molecule has 4 aromatic rings. The number of aryl methyl sites for hydroxylation is 1. The molecule has 30 heavy (non-hydrogen) atoms. The molecule has 152 valence electrons. The minimum Gasteiger partial charge on any atom is -0.497 e. The summed E-state index contributed by atoms with van der Waals surface area (Å²) in [5.74, 6) is -0.102. The van der Waals surface area contributed by atoms with Gasteiger partial charge in [0.25, 0.3) is 0 Å². The Labute approximate surface area is 169 Å². The number of H-pyrrole nitrogens is 1. The van der Waals surface area contributed by atoms with Crippen LogP contribution in [0.4, 0.5) is 13.2 Å². The fourth-order valence-electron chi connectivity index (χ4n) is 3.33. The second-order valence-electron chi connectivity index (χ2n) is 6.57. The number of methoxy groups -OCH3 is 1. The zero-order valence-electron chi connectivity index (χ0n) is 15.9. The number of alkyl halides is 3. The number of para-hydroxylation sites is 2. The summed E-state index contributed by atoms with van der Waals surface area (Å²) in [7, 11) is 1.56. The van der Waals surface area contributed by atoms with Crippen LogP contribution in [0.3, 0.4) is 0 Å². The number of aromatic nitrogens is 4. The summed E-state index contributed by atoms with van der Waals surface area (Å²) in [6.45, 7) is 0.200. The van der Waals surface area contributed by atoms with Crippen LogP contribution in [0.1, 0.15) is 12.2 Å². The molecule has 0 spiro atoms. The number of nitrogens with one attached hydrogen (secondary N) is 1. The van der Waals surface area contributed by atoms with Crippen molar-refractivity contribution in [1.29, 1.82) is 5.26 Å². The van der Waals surface area contributed by atoms with Crippen LogP contribution in [0, 0.1) is 11.3 Å². The number of ether oxygens (including phenoxy) is 1. The lowest BCUT2D eigenvalue weighted by Crippen LogP contribution is -2.40. The molecule has 0 saturated heterocycles. The molecule has 2 heterocycles. The van der Waals surface area contributed by atoms with E-state index in [1.54, 1.807) is 55.6 Å². The van der Waals surface area contributed by atoms with Gasteiger partial charge in [0.1, 0.15) is 17.8 Å². The quantitative estimate of drug-likeness (QED) is 0.498. The third-order valence-corrected chi connectivity index (χ3v) is 4.70. The molecule has 0 aliphatic rings. The van der Waals surface area contributed by atoms with E-state index in [4.69, 9.17) is 10.00 Å². The van der Waals surface area contributed by atoms with E-state index in [2.05, 4.69) is 10.1 Å². The van der Waals surface area contributed by atoms with Crippen LogP contribution in [-0.4, -0.2) is 21.8 Å². The lowest BCUT2D eigenvalue weighted by molar-refractivity contribution is -0.743. The van der Waals surface area contributed by atoms with Crippen molar-refractivity contribution in [3.8, 4) is 28.9 Å². The van der Waals surface area contributed by atoms with E-state index in [0.717, 1.165) is 10.1 Å². The highest BCUT2D eigenvalue weighted by Crippen LogP contribution is 2.34. The van der Waals surface area contributed by atoms with E-state index in [1.807, 2.05) is 6.07 Å². The van der Waals surface area contributed by atoms with Gasteiger partial charge in [0, 0.05) is 5.56 Å². The molecule has 0 radical (unpaired) electrons. The van der Waals surface area contributed by atoms with E-state index in [1.165, 1.54) is 10.7 Å². The van der Waals surface area contributed by atoms with Crippen LogP contribution >= 0.6 is 0 Å². The van der Waals surface area contributed by atoms with Gasteiger partial charge in [-0.1, -0.05) is 12.1 Å². The number of aromatic amines is 1. The third-order valence-electron chi connectivity index (χ3n) is 4.70. The third kappa shape index (κ3) is 3.48. The van der Waals surface area contributed by atoms with Crippen molar-refractivity contribution < 1.29 is 22.6 Å². The Kier molecular flexibility index (Phi) is 4.91. The predicted octanol–water partition coefficient (Wildman–Crippen LogP) is 4.25. The molecule has 0 bridgehead atoms. The Morgan fingerprint density at radius 1 is 1.17 bits per heavy atom.